The summed E-state index contributed by atoms with van der Waals surface area (Å²) in [6.07, 6.45) is 11.7. The highest BCUT2D eigenvalue weighted by Crippen LogP contribution is 2.47. The molecule has 0 unspecified atom stereocenters. The van der Waals surface area contributed by atoms with E-state index in [4.69, 9.17) is 4.74 Å². The van der Waals surface area contributed by atoms with Gasteiger partial charge in [-0.1, -0.05) is 55.7 Å². The van der Waals surface area contributed by atoms with Crippen molar-refractivity contribution < 1.29 is 29.6 Å². The van der Waals surface area contributed by atoms with Crippen LogP contribution in [-0.2, 0) is 16.9 Å². The lowest BCUT2D eigenvalue weighted by Crippen LogP contribution is -2.64. The van der Waals surface area contributed by atoms with E-state index in [9.17, 15) is 20.4 Å². The lowest BCUT2D eigenvalue weighted by molar-refractivity contribution is -0.946. The maximum atomic E-state index is 11.6. The molecule has 3 aliphatic heterocycles. The van der Waals surface area contributed by atoms with Crippen LogP contribution in [0, 0.1) is 11.8 Å². The third-order valence-corrected chi connectivity index (χ3v) is 10.3. The molecule has 0 radical (unpaired) electrons. The Morgan fingerprint density at radius 3 is 2.36 bits per heavy atom. The highest BCUT2D eigenvalue weighted by molar-refractivity contribution is 5.36. The molecule has 3 heterocycles. The summed E-state index contributed by atoms with van der Waals surface area (Å²) in [5.41, 5.74) is 1.32. The Morgan fingerprint density at radius 2 is 1.64 bits per heavy atom. The summed E-state index contributed by atoms with van der Waals surface area (Å²) in [7, 11) is 0. The van der Waals surface area contributed by atoms with E-state index < -0.39 is 11.7 Å². The average molecular weight is 582 g/mol. The molecule has 2 aromatic rings. The lowest BCUT2D eigenvalue weighted by Gasteiger charge is -2.53. The van der Waals surface area contributed by atoms with Crippen molar-refractivity contribution >= 4 is 0 Å². The molecule has 3 saturated heterocycles. The van der Waals surface area contributed by atoms with Gasteiger partial charge in [-0.15, -0.1) is 0 Å². The summed E-state index contributed by atoms with van der Waals surface area (Å²) in [5.74, 6) is 1.04. The number of nitrogens with zero attached hydrogens (tertiary/aromatic N) is 1. The number of rotatable bonds is 18. The smallest absolute Gasteiger partial charge is 0.121 e. The Morgan fingerprint density at radius 1 is 0.929 bits per heavy atom. The maximum absolute atomic E-state index is 11.6. The van der Waals surface area contributed by atoms with E-state index in [1.165, 1.54) is 75.1 Å². The van der Waals surface area contributed by atoms with Gasteiger partial charge in [-0.25, -0.2) is 0 Å². The normalized spacial score (nSPS) is 25.8. The number of hydrogen-bond acceptors (Lipinski definition) is 6. The van der Waals surface area contributed by atoms with Crippen molar-refractivity contribution in [2.24, 2.45) is 11.8 Å². The van der Waals surface area contributed by atoms with Crippen LogP contribution in [0.2, 0.25) is 0 Å². The molecule has 0 spiro atoms. The van der Waals surface area contributed by atoms with Crippen molar-refractivity contribution in [3.8, 4) is 5.75 Å². The molecule has 2 bridgehead atoms. The van der Waals surface area contributed by atoms with E-state index in [1.807, 2.05) is 18.2 Å². The fraction of sp³-hybridized carbons (Fsp3) is 0.657. The van der Waals surface area contributed by atoms with Crippen LogP contribution in [0.1, 0.15) is 87.0 Å². The predicted octanol–water partition coefficient (Wildman–Crippen LogP) is 4.77. The van der Waals surface area contributed by atoms with E-state index in [0.717, 1.165) is 37.9 Å². The number of hydrogen-bond donors (Lipinski definition) is 5. The minimum absolute atomic E-state index is 0.0567. The second-order valence-corrected chi connectivity index (χ2v) is 13.3. The zero-order valence-corrected chi connectivity index (χ0v) is 25.3. The van der Waals surface area contributed by atoms with Gasteiger partial charge >= 0.3 is 0 Å². The number of fused-ring (bicyclic) bond motifs is 3. The summed E-state index contributed by atoms with van der Waals surface area (Å²) in [5, 5.41) is 44.3. The molecule has 7 heteroatoms. The number of aliphatic hydroxyl groups excluding tert-OH is 2. The summed E-state index contributed by atoms with van der Waals surface area (Å²) in [6, 6.07) is 15.1. The van der Waals surface area contributed by atoms with Gasteiger partial charge in [0.15, 0.2) is 0 Å². The Kier molecular flexibility index (Phi) is 11.0. The first kappa shape index (κ1) is 31.4. The van der Waals surface area contributed by atoms with Crippen molar-refractivity contribution in [2.75, 3.05) is 45.9 Å². The number of nitrogens with one attached hydrogen (secondary N) is 1. The van der Waals surface area contributed by atoms with E-state index in [2.05, 4.69) is 17.4 Å². The lowest BCUT2D eigenvalue weighted by atomic mass is 9.82. The number of unbranched alkanes of at least 4 members (excludes halogenated alkanes) is 5. The molecule has 1 aliphatic carbocycles. The summed E-state index contributed by atoms with van der Waals surface area (Å²) in [6.45, 7) is 6.49. The van der Waals surface area contributed by atoms with Crippen molar-refractivity contribution in [1.29, 1.82) is 0 Å². The average Bonchev–Trinajstić information content (AvgIpc) is 3.88. The number of piperidine rings is 3. The van der Waals surface area contributed by atoms with Crippen LogP contribution >= 0.6 is 0 Å². The highest BCUT2D eigenvalue weighted by atomic mass is 16.5. The van der Waals surface area contributed by atoms with Crippen molar-refractivity contribution in [3.63, 3.8) is 0 Å². The summed E-state index contributed by atoms with van der Waals surface area (Å²) < 4.78 is 7.81. The second kappa shape index (κ2) is 14.7. The fourth-order valence-electron chi connectivity index (χ4n) is 7.38. The molecular weight excluding hydrogens is 528 g/mol. The van der Waals surface area contributed by atoms with E-state index in [0.29, 0.717) is 36.1 Å². The van der Waals surface area contributed by atoms with Crippen LogP contribution in [0.3, 0.4) is 0 Å². The molecule has 0 aromatic heterocycles. The molecule has 5 N–H and O–H groups in total. The van der Waals surface area contributed by atoms with Gasteiger partial charge < -0.3 is 35.0 Å². The van der Waals surface area contributed by atoms with E-state index >= 15 is 0 Å². The summed E-state index contributed by atoms with van der Waals surface area (Å²) in [4.78, 5) is 0. The van der Waals surface area contributed by atoms with E-state index in [-0.39, 0.29) is 18.5 Å². The molecule has 4 aliphatic rings. The summed E-state index contributed by atoms with van der Waals surface area (Å²) >= 11 is 0. The number of aliphatic hydroxyl groups is 3. The topological polar surface area (TPSA) is 102 Å². The first-order valence-corrected chi connectivity index (χ1v) is 16.5. The van der Waals surface area contributed by atoms with Gasteiger partial charge in [0.25, 0.3) is 0 Å². The van der Waals surface area contributed by atoms with Gasteiger partial charge in [0, 0.05) is 30.9 Å². The Balaban J connectivity index is 0.947. The Labute approximate surface area is 252 Å². The Bertz CT molecular complexity index is 1100. The number of benzene rings is 2. The molecule has 6 rings (SSSR count). The van der Waals surface area contributed by atoms with Crippen LogP contribution in [0.15, 0.2) is 48.5 Å². The standard InChI is InChI=1S/C35H52N2O5/c38-25-29-22-28(12-15-32(29)39)33(40)23-36-18-8-3-1-2-4-9-19-37-20-16-27(17-21-37)34(24-37)42-26-35(41,31-13-14-31)30-10-6-5-7-11-30/h5-7,10-12,15,22,27,31,33-34,36,38,40-41H,1-4,8-9,13-14,16-21,23-26H2/p+1/t27?,33-,34-,35+,37?/m0/s1. The van der Waals surface area contributed by atoms with Gasteiger partial charge in [-0.2, -0.15) is 0 Å². The largest absolute Gasteiger partial charge is 0.508 e. The van der Waals surface area contributed by atoms with Gasteiger partial charge in [-0.3, -0.25) is 0 Å². The zero-order valence-electron chi connectivity index (χ0n) is 25.3. The van der Waals surface area contributed by atoms with E-state index in [1.54, 1.807) is 12.1 Å². The molecule has 7 nitrogen and oxygen atoms in total. The molecular formula is C35H53N2O5+. The molecule has 42 heavy (non-hydrogen) atoms. The third-order valence-electron chi connectivity index (χ3n) is 10.3. The van der Waals surface area contributed by atoms with Gasteiger partial charge in [0.2, 0.25) is 0 Å². The minimum Gasteiger partial charge on any atom is -0.508 e. The van der Waals surface area contributed by atoms with Crippen molar-refractivity contribution in [1.82, 2.24) is 5.32 Å². The maximum Gasteiger partial charge on any atom is 0.121 e. The zero-order chi connectivity index (χ0) is 29.4. The first-order valence-electron chi connectivity index (χ1n) is 16.5. The van der Waals surface area contributed by atoms with Crippen molar-refractivity contribution in [2.45, 2.75) is 88.6 Å². The van der Waals surface area contributed by atoms with Gasteiger partial charge in [0.05, 0.1) is 39.0 Å². The third kappa shape index (κ3) is 7.93. The second-order valence-electron chi connectivity index (χ2n) is 13.3. The van der Waals surface area contributed by atoms with Crippen LogP contribution in [0.25, 0.3) is 0 Å². The Hall–Kier alpha value is -2.00. The van der Waals surface area contributed by atoms with Gasteiger partial charge in [0.1, 0.15) is 24.0 Å². The van der Waals surface area contributed by atoms with Crippen LogP contribution in [-0.4, -0.2) is 76.9 Å². The molecule has 4 fully saturated rings. The number of quaternary nitrogens is 1. The molecule has 232 valence electrons. The van der Waals surface area contributed by atoms with Crippen molar-refractivity contribution in [3.05, 3.63) is 65.2 Å². The molecule has 2 aromatic carbocycles. The van der Waals surface area contributed by atoms with Crippen LogP contribution in [0.5, 0.6) is 5.75 Å². The fourth-order valence-corrected chi connectivity index (χ4v) is 7.38. The first-order chi connectivity index (χ1) is 20.4. The minimum atomic E-state index is -0.843. The SMILES string of the molecule is OCc1cc([C@@H](O)CNCCCCCCCC[N+]23CCC(CC2)[C@@H](OC[C@@](O)(c2ccccc2)C2CC2)C3)ccc1O. The predicted molar refractivity (Wildman–Crippen MR) is 165 cm³/mol. The van der Waals surface area contributed by atoms with Crippen LogP contribution < -0.4 is 5.32 Å². The van der Waals surface area contributed by atoms with Crippen LogP contribution in [0.4, 0.5) is 0 Å². The number of aromatic hydroxyl groups is 1. The quantitative estimate of drug-likeness (QED) is 0.128. The molecule has 1 saturated carbocycles. The van der Waals surface area contributed by atoms with Gasteiger partial charge in [-0.05, 0) is 67.8 Å². The highest BCUT2D eigenvalue weighted by Gasteiger charge is 2.49. The monoisotopic (exact) mass is 581 g/mol. The number of ether oxygens (including phenoxy) is 1. The number of phenols is 1. The molecule has 3 atom stereocenters. The molecule has 0 amide bonds.